The molecule has 0 bridgehead atoms. The highest BCUT2D eigenvalue weighted by Crippen LogP contribution is 2.24. The third kappa shape index (κ3) is 2.44. The summed E-state index contributed by atoms with van der Waals surface area (Å²) in [5.74, 6) is 0.522. The Kier molecular flexibility index (Phi) is 3.11. The van der Waals surface area contributed by atoms with Crippen molar-refractivity contribution in [2.45, 2.75) is 13.8 Å². The zero-order valence-corrected chi connectivity index (χ0v) is 11.0. The molecule has 88 valence electrons. The van der Waals surface area contributed by atoms with Gasteiger partial charge in [-0.05, 0) is 32.0 Å². The van der Waals surface area contributed by atoms with Crippen molar-refractivity contribution in [1.82, 2.24) is 9.97 Å². The van der Waals surface area contributed by atoms with Crippen molar-refractivity contribution >= 4 is 21.7 Å². The molecule has 0 fully saturated rings. The van der Waals surface area contributed by atoms with Crippen LogP contribution in [0, 0.1) is 19.7 Å². The van der Waals surface area contributed by atoms with Gasteiger partial charge in [0.2, 0.25) is 0 Å². The summed E-state index contributed by atoms with van der Waals surface area (Å²) in [7, 11) is 0. The minimum absolute atomic E-state index is 0.338. The molecular weight excluding hydrogens is 285 g/mol. The number of benzene rings is 1. The summed E-state index contributed by atoms with van der Waals surface area (Å²) >= 11 is 3.23. The highest BCUT2D eigenvalue weighted by Gasteiger charge is 2.09. The summed E-state index contributed by atoms with van der Waals surface area (Å²) in [6.07, 6.45) is 0. The quantitative estimate of drug-likeness (QED) is 0.879. The third-order valence-corrected chi connectivity index (χ3v) is 3.01. The smallest absolute Gasteiger partial charge is 0.161 e. The third-order valence-electron chi connectivity index (χ3n) is 2.55. The Morgan fingerprint density at radius 3 is 2.47 bits per heavy atom. The van der Waals surface area contributed by atoms with Gasteiger partial charge in [-0.3, -0.25) is 0 Å². The van der Waals surface area contributed by atoms with Crippen molar-refractivity contribution in [3.05, 3.63) is 39.7 Å². The van der Waals surface area contributed by atoms with Crippen LogP contribution in [-0.4, -0.2) is 9.97 Å². The fourth-order valence-corrected chi connectivity index (χ4v) is 1.93. The Balaban J connectivity index is 2.60. The van der Waals surface area contributed by atoms with E-state index in [-0.39, 0.29) is 5.82 Å². The second-order valence-electron chi connectivity index (χ2n) is 3.80. The first-order valence-corrected chi connectivity index (χ1v) is 5.84. The highest BCUT2D eigenvalue weighted by molar-refractivity contribution is 9.10. The Morgan fingerprint density at radius 1 is 1.18 bits per heavy atom. The summed E-state index contributed by atoms with van der Waals surface area (Å²) in [6.45, 7) is 3.71. The van der Waals surface area contributed by atoms with Crippen LogP contribution in [0.4, 0.5) is 10.2 Å². The van der Waals surface area contributed by atoms with E-state index in [4.69, 9.17) is 5.73 Å². The summed E-state index contributed by atoms with van der Waals surface area (Å²) < 4.78 is 13.9. The maximum absolute atomic E-state index is 13.3. The van der Waals surface area contributed by atoms with Gasteiger partial charge < -0.3 is 5.73 Å². The molecule has 3 nitrogen and oxygen atoms in total. The van der Waals surface area contributed by atoms with Crippen molar-refractivity contribution in [2.75, 3.05) is 5.73 Å². The van der Waals surface area contributed by atoms with Gasteiger partial charge in [0.05, 0.1) is 0 Å². The first-order valence-electron chi connectivity index (χ1n) is 5.04. The maximum atomic E-state index is 13.3. The van der Waals surface area contributed by atoms with Gasteiger partial charge in [0, 0.05) is 21.3 Å². The number of aromatic nitrogens is 2. The van der Waals surface area contributed by atoms with Gasteiger partial charge in [0.15, 0.2) is 5.82 Å². The second-order valence-corrected chi connectivity index (χ2v) is 4.72. The molecule has 2 rings (SSSR count). The zero-order valence-electron chi connectivity index (χ0n) is 9.46. The van der Waals surface area contributed by atoms with Crippen LogP contribution in [-0.2, 0) is 0 Å². The number of rotatable bonds is 1. The average molecular weight is 296 g/mol. The second kappa shape index (κ2) is 4.41. The molecule has 2 aromatic rings. The van der Waals surface area contributed by atoms with Gasteiger partial charge in [-0.15, -0.1) is 0 Å². The fraction of sp³-hybridized carbons (Fsp3) is 0.167. The topological polar surface area (TPSA) is 51.8 Å². The molecule has 0 aliphatic heterocycles. The lowest BCUT2D eigenvalue weighted by Crippen LogP contribution is -2.02. The Morgan fingerprint density at radius 2 is 1.88 bits per heavy atom. The average Bonchev–Trinajstić information content (AvgIpc) is 2.23. The SMILES string of the molecule is Cc1nc(-c2cc(F)cc(Br)c2)nc(N)c1C. The summed E-state index contributed by atoms with van der Waals surface area (Å²) in [5, 5.41) is 0. The Hall–Kier alpha value is -1.49. The number of halogens is 2. The predicted molar refractivity (Wildman–Crippen MR) is 69.0 cm³/mol. The van der Waals surface area contributed by atoms with Crippen LogP contribution >= 0.6 is 15.9 Å². The summed E-state index contributed by atoms with van der Waals surface area (Å²) in [4.78, 5) is 8.47. The number of anilines is 1. The van der Waals surface area contributed by atoms with Crippen molar-refractivity contribution < 1.29 is 4.39 Å². The van der Waals surface area contributed by atoms with Crippen LogP contribution < -0.4 is 5.73 Å². The van der Waals surface area contributed by atoms with E-state index in [1.807, 2.05) is 13.8 Å². The van der Waals surface area contributed by atoms with Crippen molar-refractivity contribution in [3.63, 3.8) is 0 Å². The molecule has 0 saturated carbocycles. The van der Waals surface area contributed by atoms with Crippen molar-refractivity contribution in [3.8, 4) is 11.4 Å². The molecular formula is C12H11BrFN3. The fourth-order valence-electron chi connectivity index (χ4n) is 1.46. The van der Waals surface area contributed by atoms with Crippen LogP contribution in [0.5, 0.6) is 0 Å². The van der Waals surface area contributed by atoms with Crippen LogP contribution in [0.15, 0.2) is 22.7 Å². The van der Waals surface area contributed by atoms with Gasteiger partial charge >= 0.3 is 0 Å². The van der Waals surface area contributed by atoms with Crippen molar-refractivity contribution in [1.29, 1.82) is 0 Å². The van der Waals surface area contributed by atoms with E-state index in [1.54, 1.807) is 6.07 Å². The van der Waals surface area contributed by atoms with Gasteiger partial charge in [-0.2, -0.15) is 0 Å². The van der Waals surface area contributed by atoms with Crippen LogP contribution in [0.3, 0.4) is 0 Å². The van der Waals surface area contributed by atoms with Gasteiger partial charge in [-0.25, -0.2) is 14.4 Å². The number of hydrogen-bond acceptors (Lipinski definition) is 3. The van der Waals surface area contributed by atoms with Crippen LogP contribution in [0.25, 0.3) is 11.4 Å². The first kappa shape index (κ1) is 12.0. The number of aryl methyl sites for hydroxylation is 1. The van der Waals surface area contributed by atoms with E-state index in [0.717, 1.165) is 11.3 Å². The van der Waals surface area contributed by atoms with Gasteiger partial charge in [0.25, 0.3) is 0 Å². The monoisotopic (exact) mass is 295 g/mol. The van der Waals surface area contributed by atoms with E-state index in [1.165, 1.54) is 12.1 Å². The van der Waals surface area contributed by atoms with E-state index in [2.05, 4.69) is 25.9 Å². The molecule has 0 unspecified atom stereocenters. The lowest BCUT2D eigenvalue weighted by Gasteiger charge is -2.07. The number of nitrogens with two attached hydrogens (primary N) is 1. The van der Waals surface area contributed by atoms with Crippen molar-refractivity contribution in [2.24, 2.45) is 0 Å². The number of nitrogens with zero attached hydrogens (tertiary/aromatic N) is 2. The lowest BCUT2D eigenvalue weighted by atomic mass is 10.2. The summed E-state index contributed by atoms with van der Waals surface area (Å²) in [5.41, 5.74) is 8.03. The standard InChI is InChI=1S/C12H11BrFN3/c1-6-7(2)16-12(17-11(6)15)8-3-9(13)5-10(14)4-8/h3-5H,1-2H3,(H2,15,16,17). The molecule has 0 atom stereocenters. The maximum Gasteiger partial charge on any atom is 0.161 e. The van der Waals surface area contributed by atoms with E-state index < -0.39 is 0 Å². The van der Waals surface area contributed by atoms with E-state index in [9.17, 15) is 4.39 Å². The molecule has 1 aromatic carbocycles. The molecule has 0 aliphatic rings. The van der Waals surface area contributed by atoms with E-state index >= 15 is 0 Å². The molecule has 2 N–H and O–H groups in total. The molecule has 0 amide bonds. The number of nitrogen functional groups attached to an aromatic ring is 1. The first-order chi connectivity index (χ1) is 7.97. The minimum Gasteiger partial charge on any atom is -0.383 e. The van der Waals surface area contributed by atoms with Gasteiger partial charge in [0.1, 0.15) is 11.6 Å². The molecule has 5 heteroatoms. The number of hydrogen-bond donors (Lipinski definition) is 1. The van der Waals surface area contributed by atoms with Gasteiger partial charge in [-0.1, -0.05) is 15.9 Å². The molecule has 1 aromatic heterocycles. The van der Waals surface area contributed by atoms with E-state index in [0.29, 0.717) is 21.7 Å². The summed E-state index contributed by atoms with van der Waals surface area (Å²) in [6, 6.07) is 4.52. The molecule has 17 heavy (non-hydrogen) atoms. The molecule has 0 radical (unpaired) electrons. The lowest BCUT2D eigenvalue weighted by molar-refractivity contribution is 0.627. The zero-order chi connectivity index (χ0) is 12.6. The minimum atomic E-state index is -0.338. The molecule has 0 aliphatic carbocycles. The predicted octanol–water partition coefficient (Wildman–Crippen LogP) is 3.24. The normalized spacial score (nSPS) is 10.6. The Bertz CT molecular complexity index is 541. The largest absolute Gasteiger partial charge is 0.383 e. The molecule has 0 spiro atoms. The molecule has 0 saturated heterocycles. The Labute approximate surface area is 107 Å². The van der Waals surface area contributed by atoms with Crippen LogP contribution in [0.1, 0.15) is 11.3 Å². The molecule has 1 heterocycles. The highest BCUT2D eigenvalue weighted by atomic mass is 79.9. The van der Waals surface area contributed by atoms with Crippen LogP contribution in [0.2, 0.25) is 0 Å².